The summed E-state index contributed by atoms with van der Waals surface area (Å²) < 4.78 is 19.2. The molecule has 0 radical (unpaired) electrons. The Kier molecular flexibility index (Phi) is 3.20. The number of hydrogen-bond donors (Lipinski definition) is 1. The van der Waals surface area contributed by atoms with Gasteiger partial charge in [0.15, 0.2) is 0 Å². The summed E-state index contributed by atoms with van der Waals surface area (Å²) in [4.78, 5) is 12.3. The van der Waals surface area contributed by atoms with E-state index >= 15 is 0 Å². The van der Waals surface area contributed by atoms with Gasteiger partial charge in [0.2, 0.25) is 5.72 Å². The number of halogens is 1. The zero-order valence-corrected chi connectivity index (χ0v) is 13.1. The van der Waals surface area contributed by atoms with Crippen molar-refractivity contribution in [1.29, 1.82) is 0 Å². The Labute approximate surface area is 129 Å². The number of esters is 1. The van der Waals surface area contributed by atoms with Crippen molar-refractivity contribution < 1.29 is 13.9 Å². The first-order valence-electron chi connectivity index (χ1n) is 7.19. The van der Waals surface area contributed by atoms with Crippen molar-refractivity contribution in [3.8, 4) is 0 Å². The molecule has 2 aromatic rings. The molecule has 0 aromatic heterocycles. The highest BCUT2D eigenvalue weighted by atomic mass is 19.1. The van der Waals surface area contributed by atoms with E-state index < -0.39 is 11.7 Å². The number of anilines is 1. The number of ether oxygens (including phenoxy) is 1. The van der Waals surface area contributed by atoms with Gasteiger partial charge in [-0.3, -0.25) is 0 Å². The van der Waals surface area contributed by atoms with E-state index in [9.17, 15) is 9.18 Å². The highest BCUT2D eigenvalue weighted by Crippen LogP contribution is 2.38. The molecule has 114 valence electrons. The standard InChI is InChI=1S/C18H18FNO2/c1-10-7-11(2)16(12(3)8-10)18(4)20-15-9-13(19)5-6-14(15)17(21)22-18/h5-9,20H,1-4H3. The molecule has 1 N–H and O–H groups in total. The van der Waals surface area contributed by atoms with Crippen molar-refractivity contribution in [2.45, 2.75) is 33.4 Å². The molecule has 0 bridgehead atoms. The maximum atomic E-state index is 13.5. The number of carbonyl (C=O) groups excluding carboxylic acids is 1. The molecule has 3 nitrogen and oxygen atoms in total. The Hall–Kier alpha value is -2.36. The lowest BCUT2D eigenvalue weighted by Crippen LogP contribution is -2.42. The zero-order valence-electron chi connectivity index (χ0n) is 13.1. The fourth-order valence-electron chi connectivity index (χ4n) is 3.37. The minimum Gasteiger partial charge on any atom is -0.431 e. The van der Waals surface area contributed by atoms with Crippen LogP contribution in [-0.2, 0) is 10.5 Å². The van der Waals surface area contributed by atoms with Crippen LogP contribution in [0.3, 0.4) is 0 Å². The maximum absolute atomic E-state index is 13.5. The summed E-state index contributed by atoms with van der Waals surface area (Å²) in [5.41, 5.74) is 3.90. The van der Waals surface area contributed by atoms with E-state index in [1.807, 2.05) is 32.9 Å². The highest BCUT2D eigenvalue weighted by molar-refractivity contribution is 5.97. The third-order valence-corrected chi connectivity index (χ3v) is 4.03. The number of nitrogens with one attached hydrogen (secondary N) is 1. The lowest BCUT2D eigenvalue weighted by Gasteiger charge is -2.38. The van der Waals surface area contributed by atoms with Crippen molar-refractivity contribution in [3.05, 3.63) is 64.0 Å². The average Bonchev–Trinajstić information content (AvgIpc) is 2.35. The van der Waals surface area contributed by atoms with Crippen LogP contribution in [0.2, 0.25) is 0 Å². The van der Waals surface area contributed by atoms with Crippen LogP contribution in [0.1, 0.15) is 39.5 Å². The Balaban J connectivity index is 2.15. The molecule has 0 amide bonds. The predicted octanol–water partition coefficient (Wildman–Crippen LogP) is 4.21. The van der Waals surface area contributed by atoms with Crippen molar-refractivity contribution in [2.24, 2.45) is 0 Å². The normalized spacial score (nSPS) is 20.1. The Bertz CT molecular complexity index is 762. The van der Waals surface area contributed by atoms with E-state index in [1.165, 1.54) is 18.2 Å². The molecule has 4 heteroatoms. The lowest BCUT2D eigenvalue weighted by atomic mass is 9.90. The van der Waals surface area contributed by atoms with Gasteiger partial charge in [-0.15, -0.1) is 0 Å². The molecule has 1 aliphatic rings. The first-order chi connectivity index (χ1) is 10.3. The van der Waals surface area contributed by atoms with Gasteiger partial charge < -0.3 is 10.1 Å². The van der Waals surface area contributed by atoms with Crippen molar-refractivity contribution in [3.63, 3.8) is 0 Å². The molecule has 3 rings (SSSR count). The van der Waals surface area contributed by atoms with Crippen LogP contribution >= 0.6 is 0 Å². The fraction of sp³-hybridized carbons (Fsp3) is 0.278. The van der Waals surface area contributed by atoms with Crippen LogP contribution in [0.5, 0.6) is 0 Å². The van der Waals surface area contributed by atoms with Gasteiger partial charge in [-0.05, 0) is 57.0 Å². The second-order valence-electron chi connectivity index (χ2n) is 6.01. The first-order valence-corrected chi connectivity index (χ1v) is 7.19. The fourth-order valence-corrected chi connectivity index (χ4v) is 3.37. The molecule has 0 spiro atoms. The summed E-state index contributed by atoms with van der Waals surface area (Å²) in [6, 6.07) is 8.11. The van der Waals surface area contributed by atoms with Gasteiger partial charge in [0.1, 0.15) is 5.82 Å². The van der Waals surface area contributed by atoms with Crippen molar-refractivity contribution in [1.82, 2.24) is 0 Å². The third-order valence-electron chi connectivity index (χ3n) is 4.03. The summed E-state index contributed by atoms with van der Waals surface area (Å²) in [6.07, 6.45) is 0. The number of aryl methyl sites for hydroxylation is 3. The lowest BCUT2D eigenvalue weighted by molar-refractivity contribution is -0.00315. The van der Waals surface area contributed by atoms with Gasteiger partial charge in [-0.1, -0.05) is 17.7 Å². The van der Waals surface area contributed by atoms with E-state index in [0.717, 1.165) is 22.3 Å². The molecule has 1 atom stereocenters. The first kappa shape index (κ1) is 14.6. The largest absolute Gasteiger partial charge is 0.431 e. The van der Waals surface area contributed by atoms with Crippen LogP contribution in [0.25, 0.3) is 0 Å². The highest BCUT2D eigenvalue weighted by Gasteiger charge is 2.39. The van der Waals surface area contributed by atoms with Gasteiger partial charge in [0, 0.05) is 5.56 Å². The Morgan fingerprint density at radius 3 is 2.36 bits per heavy atom. The predicted molar refractivity (Wildman–Crippen MR) is 83.4 cm³/mol. The molecule has 22 heavy (non-hydrogen) atoms. The topological polar surface area (TPSA) is 38.3 Å². The van der Waals surface area contributed by atoms with Gasteiger partial charge in [-0.25, -0.2) is 9.18 Å². The third kappa shape index (κ3) is 2.25. The van der Waals surface area contributed by atoms with Crippen LogP contribution in [-0.4, -0.2) is 5.97 Å². The summed E-state index contributed by atoms with van der Waals surface area (Å²) in [5, 5.41) is 3.18. The molecule has 0 aliphatic carbocycles. The number of carbonyl (C=O) groups is 1. The van der Waals surface area contributed by atoms with E-state index in [1.54, 1.807) is 6.92 Å². The summed E-state index contributed by atoms with van der Waals surface area (Å²) in [5.74, 6) is -0.837. The van der Waals surface area contributed by atoms with Crippen LogP contribution in [0.4, 0.5) is 10.1 Å². The molecule has 1 unspecified atom stereocenters. The van der Waals surface area contributed by atoms with Crippen molar-refractivity contribution >= 4 is 11.7 Å². The molecule has 0 saturated heterocycles. The van der Waals surface area contributed by atoms with E-state index in [4.69, 9.17) is 4.74 Å². The number of rotatable bonds is 1. The van der Waals surface area contributed by atoms with Crippen LogP contribution < -0.4 is 5.32 Å². The van der Waals surface area contributed by atoms with Gasteiger partial charge in [-0.2, -0.15) is 0 Å². The molecule has 2 aromatic carbocycles. The van der Waals surface area contributed by atoms with E-state index in [2.05, 4.69) is 5.32 Å². The number of hydrogen-bond acceptors (Lipinski definition) is 3. The number of cyclic esters (lactones) is 1. The molecular weight excluding hydrogens is 281 g/mol. The Morgan fingerprint density at radius 1 is 1.09 bits per heavy atom. The van der Waals surface area contributed by atoms with E-state index in [-0.39, 0.29) is 5.82 Å². The maximum Gasteiger partial charge on any atom is 0.342 e. The quantitative estimate of drug-likeness (QED) is 0.802. The van der Waals surface area contributed by atoms with Gasteiger partial charge >= 0.3 is 5.97 Å². The van der Waals surface area contributed by atoms with Crippen LogP contribution in [0, 0.1) is 26.6 Å². The summed E-state index contributed by atoms with van der Waals surface area (Å²) in [6.45, 7) is 7.79. The Morgan fingerprint density at radius 2 is 1.73 bits per heavy atom. The average molecular weight is 299 g/mol. The minimum absolute atomic E-state index is 0.348. The van der Waals surface area contributed by atoms with Gasteiger partial charge in [0.25, 0.3) is 0 Å². The summed E-state index contributed by atoms with van der Waals surface area (Å²) >= 11 is 0. The van der Waals surface area contributed by atoms with Crippen LogP contribution in [0.15, 0.2) is 30.3 Å². The molecule has 1 aliphatic heterocycles. The number of fused-ring (bicyclic) bond motifs is 1. The SMILES string of the molecule is Cc1cc(C)c(C2(C)Nc3cc(F)ccc3C(=O)O2)c(C)c1. The number of benzene rings is 2. The van der Waals surface area contributed by atoms with Crippen molar-refractivity contribution in [2.75, 3.05) is 5.32 Å². The second kappa shape index (κ2) is 4.83. The minimum atomic E-state index is -1.01. The van der Waals surface area contributed by atoms with Gasteiger partial charge in [0.05, 0.1) is 11.3 Å². The van der Waals surface area contributed by atoms with E-state index in [0.29, 0.717) is 11.3 Å². The molecule has 0 fully saturated rings. The monoisotopic (exact) mass is 299 g/mol. The summed E-state index contributed by atoms with van der Waals surface area (Å²) in [7, 11) is 0. The smallest absolute Gasteiger partial charge is 0.342 e. The molecule has 0 saturated carbocycles. The molecule has 1 heterocycles. The second-order valence-corrected chi connectivity index (χ2v) is 6.01. The zero-order chi connectivity index (χ0) is 16.1. The molecular formula is C18H18FNO2.